The van der Waals surface area contributed by atoms with Crippen molar-refractivity contribution in [2.45, 2.75) is 137 Å². The Morgan fingerprint density at radius 2 is 0.962 bits per heavy atom. The number of hydrogen-bond donors (Lipinski definition) is 0. The summed E-state index contributed by atoms with van der Waals surface area (Å²) in [6, 6.07) is 0. The van der Waals surface area contributed by atoms with Crippen molar-refractivity contribution in [3.05, 3.63) is 0 Å². The highest BCUT2D eigenvalue weighted by molar-refractivity contribution is 4.61. The van der Waals surface area contributed by atoms with Gasteiger partial charge in [0.05, 0.1) is 6.61 Å². The summed E-state index contributed by atoms with van der Waals surface area (Å²) in [6.45, 7) is 10.3. The summed E-state index contributed by atoms with van der Waals surface area (Å²) in [5, 5.41) is 0. The van der Waals surface area contributed by atoms with E-state index >= 15 is 0 Å². The molecule has 26 heavy (non-hydrogen) atoms. The van der Waals surface area contributed by atoms with Gasteiger partial charge in [0.2, 0.25) is 0 Å². The van der Waals surface area contributed by atoms with E-state index in [1.165, 1.54) is 103 Å². The predicted octanol–water partition coefficient (Wildman–Crippen LogP) is 8.28. The van der Waals surface area contributed by atoms with Crippen molar-refractivity contribution in [1.82, 2.24) is 0 Å². The maximum absolute atomic E-state index is 5.94. The molecule has 0 radical (unpaired) electrons. The van der Waals surface area contributed by atoms with Gasteiger partial charge >= 0.3 is 0 Å². The third-order valence-electron chi connectivity index (χ3n) is 5.40. The average Bonchev–Trinajstić information content (AvgIpc) is 2.64. The van der Waals surface area contributed by atoms with E-state index in [0.717, 1.165) is 19.1 Å². The summed E-state index contributed by atoms with van der Waals surface area (Å²) >= 11 is 0. The third kappa shape index (κ3) is 18.7. The smallest absolute Gasteiger partial charge is 0.154 e. The lowest BCUT2D eigenvalue weighted by Gasteiger charge is -2.20. The highest BCUT2D eigenvalue weighted by atomic mass is 16.7. The number of ether oxygens (including phenoxy) is 2. The fraction of sp³-hybridized carbons (Fsp3) is 1.00. The second-order valence-corrected chi connectivity index (χ2v) is 8.04. The van der Waals surface area contributed by atoms with Crippen LogP contribution >= 0.6 is 0 Å². The molecule has 0 aromatic heterocycles. The first kappa shape index (κ1) is 25.9. The molecule has 0 saturated heterocycles. The molecule has 0 bridgehead atoms. The minimum absolute atomic E-state index is 0.0504. The largest absolute Gasteiger partial charge is 0.353 e. The first-order valence-corrected chi connectivity index (χ1v) is 12.0. The van der Waals surface area contributed by atoms with Crippen LogP contribution in [0.25, 0.3) is 0 Å². The molecule has 0 amide bonds. The maximum Gasteiger partial charge on any atom is 0.154 e. The van der Waals surface area contributed by atoms with E-state index in [9.17, 15) is 0 Å². The minimum atomic E-state index is -0.0504. The van der Waals surface area contributed by atoms with E-state index in [2.05, 4.69) is 13.8 Å². The molecule has 0 rings (SSSR count). The molecule has 2 atom stereocenters. The molecular formula is C24H50O2. The Bertz CT molecular complexity index is 255. The van der Waals surface area contributed by atoms with Crippen molar-refractivity contribution < 1.29 is 9.47 Å². The van der Waals surface area contributed by atoms with E-state index in [0.29, 0.717) is 0 Å². The number of hydrogen-bond acceptors (Lipinski definition) is 2. The summed E-state index contributed by atoms with van der Waals surface area (Å²) in [7, 11) is 0. The first-order valence-electron chi connectivity index (χ1n) is 12.0. The molecule has 0 aromatic carbocycles. The Morgan fingerprint density at radius 3 is 1.38 bits per heavy atom. The van der Waals surface area contributed by atoms with Crippen LogP contribution in [0.15, 0.2) is 0 Å². The molecule has 158 valence electrons. The SMILES string of the molecule is CCCCCCCCCCC(CCCCCCCC)COC(C)OCC. The third-order valence-corrected chi connectivity index (χ3v) is 5.40. The molecular weight excluding hydrogens is 320 g/mol. The van der Waals surface area contributed by atoms with Crippen molar-refractivity contribution in [3.63, 3.8) is 0 Å². The quantitative estimate of drug-likeness (QED) is 0.149. The van der Waals surface area contributed by atoms with Crippen LogP contribution < -0.4 is 0 Å². The van der Waals surface area contributed by atoms with Crippen molar-refractivity contribution in [2.75, 3.05) is 13.2 Å². The molecule has 2 unspecified atom stereocenters. The lowest BCUT2D eigenvalue weighted by atomic mass is 9.94. The van der Waals surface area contributed by atoms with Crippen LogP contribution in [-0.4, -0.2) is 19.5 Å². The molecule has 0 aliphatic rings. The summed E-state index contributed by atoms with van der Waals surface area (Å²) in [6.07, 6.45) is 22.2. The Hall–Kier alpha value is -0.0800. The van der Waals surface area contributed by atoms with Gasteiger partial charge in [-0.1, -0.05) is 104 Å². The molecule has 2 nitrogen and oxygen atoms in total. The zero-order chi connectivity index (χ0) is 19.3. The van der Waals surface area contributed by atoms with Crippen molar-refractivity contribution >= 4 is 0 Å². The van der Waals surface area contributed by atoms with Gasteiger partial charge in [-0.25, -0.2) is 0 Å². The Kier molecular flexibility index (Phi) is 21.2. The molecule has 0 spiro atoms. The van der Waals surface area contributed by atoms with E-state index in [-0.39, 0.29) is 6.29 Å². The second-order valence-electron chi connectivity index (χ2n) is 8.04. The molecule has 0 heterocycles. The molecule has 0 aliphatic heterocycles. The standard InChI is InChI=1S/C24H50O2/c1-5-8-10-12-14-15-17-19-21-24(22-26-23(4)25-7-3)20-18-16-13-11-9-6-2/h23-24H,5-22H2,1-4H3. The fourth-order valence-corrected chi connectivity index (χ4v) is 3.65. The monoisotopic (exact) mass is 370 g/mol. The van der Waals surface area contributed by atoms with Crippen LogP contribution in [0.4, 0.5) is 0 Å². The zero-order valence-corrected chi connectivity index (χ0v) is 18.7. The molecule has 0 aromatic rings. The Morgan fingerprint density at radius 1 is 0.538 bits per heavy atom. The van der Waals surface area contributed by atoms with Gasteiger partial charge in [0.25, 0.3) is 0 Å². The Labute approximate surface area is 165 Å². The predicted molar refractivity (Wildman–Crippen MR) is 116 cm³/mol. The van der Waals surface area contributed by atoms with Gasteiger partial charge in [-0.3, -0.25) is 0 Å². The van der Waals surface area contributed by atoms with E-state index in [4.69, 9.17) is 9.47 Å². The molecule has 0 aliphatic carbocycles. The molecule has 0 fully saturated rings. The van der Waals surface area contributed by atoms with Gasteiger partial charge in [-0.2, -0.15) is 0 Å². The minimum Gasteiger partial charge on any atom is -0.353 e. The average molecular weight is 371 g/mol. The zero-order valence-electron chi connectivity index (χ0n) is 18.7. The van der Waals surface area contributed by atoms with E-state index in [1.807, 2.05) is 13.8 Å². The van der Waals surface area contributed by atoms with Gasteiger partial charge in [-0.05, 0) is 32.6 Å². The molecule has 0 saturated carbocycles. The normalized spacial score (nSPS) is 13.8. The summed E-state index contributed by atoms with van der Waals surface area (Å²) in [5.74, 6) is 0.726. The topological polar surface area (TPSA) is 18.5 Å². The summed E-state index contributed by atoms with van der Waals surface area (Å²) in [4.78, 5) is 0. The lowest BCUT2D eigenvalue weighted by Crippen LogP contribution is -2.18. The highest BCUT2D eigenvalue weighted by Crippen LogP contribution is 2.20. The van der Waals surface area contributed by atoms with Gasteiger partial charge in [-0.15, -0.1) is 0 Å². The first-order chi connectivity index (χ1) is 12.7. The summed E-state index contributed by atoms with van der Waals surface area (Å²) in [5.41, 5.74) is 0. The number of unbranched alkanes of at least 4 members (excludes halogenated alkanes) is 12. The van der Waals surface area contributed by atoms with Gasteiger partial charge in [0.15, 0.2) is 6.29 Å². The highest BCUT2D eigenvalue weighted by Gasteiger charge is 2.11. The van der Waals surface area contributed by atoms with Crippen LogP contribution in [0.1, 0.15) is 130 Å². The lowest BCUT2D eigenvalue weighted by molar-refractivity contribution is -0.136. The van der Waals surface area contributed by atoms with Gasteiger partial charge in [0.1, 0.15) is 0 Å². The van der Waals surface area contributed by atoms with Crippen molar-refractivity contribution in [3.8, 4) is 0 Å². The van der Waals surface area contributed by atoms with E-state index < -0.39 is 0 Å². The Balaban J connectivity index is 3.84. The van der Waals surface area contributed by atoms with Crippen molar-refractivity contribution in [2.24, 2.45) is 5.92 Å². The van der Waals surface area contributed by atoms with Crippen LogP contribution in [0, 0.1) is 5.92 Å². The molecule has 2 heteroatoms. The van der Waals surface area contributed by atoms with Crippen LogP contribution in [0.5, 0.6) is 0 Å². The maximum atomic E-state index is 5.94. The van der Waals surface area contributed by atoms with Crippen molar-refractivity contribution in [1.29, 1.82) is 0 Å². The fourth-order valence-electron chi connectivity index (χ4n) is 3.65. The van der Waals surface area contributed by atoms with Crippen LogP contribution in [-0.2, 0) is 9.47 Å². The second kappa shape index (κ2) is 21.2. The van der Waals surface area contributed by atoms with Crippen LogP contribution in [0.2, 0.25) is 0 Å². The van der Waals surface area contributed by atoms with Gasteiger partial charge in [0, 0.05) is 6.61 Å². The van der Waals surface area contributed by atoms with Gasteiger partial charge < -0.3 is 9.47 Å². The number of rotatable bonds is 21. The summed E-state index contributed by atoms with van der Waals surface area (Å²) < 4.78 is 11.5. The molecule has 0 N–H and O–H groups in total. The van der Waals surface area contributed by atoms with E-state index in [1.54, 1.807) is 0 Å². The van der Waals surface area contributed by atoms with Crippen LogP contribution in [0.3, 0.4) is 0 Å².